The minimum Gasteiger partial charge on any atom is -0.362 e. The minimum atomic E-state index is -4.79. The van der Waals surface area contributed by atoms with Gasteiger partial charge in [0.1, 0.15) is 11.6 Å². The molecular weight excluding hydrogens is 426 g/mol. The fraction of sp³-hybridized carbons (Fsp3) is 0.500. The van der Waals surface area contributed by atoms with Gasteiger partial charge >= 0.3 is 6.18 Å². The molecule has 0 unspecified atom stereocenters. The molecule has 1 heterocycles. The van der Waals surface area contributed by atoms with Gasteiger partial charge in [0, 0.05) is 44.0 Å². The summed E-state index contributed by atoms with van der Waals surface area (Å²) in [6, 6.07) is 2.14. The zero-order valence-corrected chi connectivity index (χ0v) is 18.3. The molecule has 0 radical (unpaired) electrons. The van der Waals surface area contributed by atoms with E-state index >= 15 is 0 Å². The summed E-state index contributed by atoms with van der Waals surface area (Å²) in [6.07, 6.45) is 0.194. The predicted molar refractivity (Wildman–Crippen MR) is 114 cm³/mol. The number of halogens is 4. The normalized spacial score (nSPS) is 18.8. The van der Waals surface area contributed by atoms with Crippen molar-refractivity contribution >= 4 is 17.7 Å². The zero-order valence-electron chi connectivity index (χ0n) is 18.3. The highest BCUT2D eigenvalue weighted by Gasteiger charge is 2.34. The molecule has 1 amide bonds. The maximum Gasteiger partial charge on any atom is 0.419 e. The largest absolute Gasteiger partial charge is 0.419 e. The number of nitrogens with zero attached hydrogens (tertiary/aromatic N) is 3. The molecule has 0 spiro atoms. The molecule has 1 fully saturated rings. The number of carbonyl (C=O) groups is 1. The first-order chi connectivity index (χ1) is 15.0. The number of aryl methyl sites for hydroxylation is 1. The number of amides is 1. The number of hydrogen-bond acceptors (Lipinski definition) is 5. The summed E-state index contributed by atoms with van der Waals surface area (Å²) < 4.78 is 51.8. The van der Waals surface area contributed by atoms with Crippen LogP contribution < -0.4 is 15.5 Å². The van der Waals surface area contributed by atoms with Crippen LogP contribution in [0.15, 0.2) is 24.4 Å². The molecule has 1 saturated carbocycles. The van der Waals surface area contributed by atoms with Gasteiger partial charge in [0.2, 0.25) is 5.95 Å². The van der Waals surface area contributed by atoms with E-state index in [2.05, 4.69) is 20.6 Å². The van der Waals surface area contributed by atoms with Crippen LogP contribution >= 0.6 is 0 Å². The summed E-state index contributed by atoms with van der Waals surface area (Å²) in [6.45, 7) is 2.66. The van der Waals surface area contributed by atoms with Crippen molar-refractivity contribution in [2.45, 2.75) is 44.8 Å². The smallest absolute Gasteiger partial charge is 0.362 e. The second kappa shape index (κ2) is 9.70. The molecule has 0 aliphatic heterocycles. The van der Waals surface area contributed by atoms with E-state index in [1.165, 1.54) is 0 Å². The molecule has 32 heavy (non-hydrogen) atoms. The van der Waals surface area contributed by atoms with E-state index in [1.807, 2.05) is 25.9 Å². The molecule has 1 aromatic heterocycles. The number of benzene rings is 1. The van der Waals surface area contributed by atoms with Gasteiger partial charge in [-0.2, -0.15) is 18.2 Å². The van der Waals surface area contributed by atoms with E-state index in [-0.39, 0.29) is 11.6 Å². The fourth-order valence-corrected chi connectivity index (χ4v) is 3.87. The highest BCUT2D eigenvalue weighted by atomic mass is 19.4. The van der Waals surface area contributed by atoms with Crippen LogP contribution in [0.3, 0.4) is 0 Å². The van der Waals surface area contributed by atoms with Gasteiger partial charge in [0.05, 0.1) is 5.56 Å². The molecule has 1 aliphatic carbocycles. The summed E-state index contributed by atoms with van der Waals surface area (Å²) >= 11 is 0. The average Bonchev–Trinajstić information content (AvgIpc) is 2.73. The van der Waals surface area contributed by atoms with E-state index in [0.717, 1.165) is 43.1 Å². The van der Waals surface area contributed by atoms with E-state index in [9.17, 15) is 22.4 Å². The third-order valence-electron chi connectivity index (χ3n) is 5.64. The van der Waals surface area contributed by atoms with Crippen LogP contribution in [0.5, 0.6) is 0 Å². The number of nitrogens with one attached hydrogen (secondary N) is 2. The highest BCUT2D eigenvalue weighted by Crippen LogP contribution is 2.32. The van der Waals surface area contributed by atoms with Gasteiger partial charge in [-0.25, -0.2) is 9.37 Å². The second-order valence-electron chi connectivity index (χ2n) is 8.36. The molecule has 174 valence electrons. The Balaban J connectivity index is 1.48. The summed E-state index contributed by atoms with van der Waals surface area (Å²) in [5.74, 6) is -0.203. The molecule has 0 bridgehead atoms. The Morgan fingerprint density at radius 3 is 2.47 bits per heavy atom. The van der Waals surface area contributed by atoms with Crippen molar-refractivity contribution in [2.24, 2.45) is 5.92 Å². The Hall–Kier alpha value is -2.91. The standard InChI is InChI=1S/C22H27F4N5O/c1-13-11-27-21(30-19(13)31(2)3)28-12-14-4-7-16(8-5-14)29-20(32)15-6-9-17(18(23)10-15)22(24,25)26/h6,9-11,14,16H,4-5,7-8,12H2,1-3H3,(H,29,32)(H,27,28,30)/t14-,16+. The highest BCUT2D eigenvalue weighted by molar-refractivity contribution is 5.94. The van der Waals surface area contributed by atoms with Crippen molar-refractivity contribution < 1.29 is 22.4 Å². The summed E-state index contributed by atoms with van der Waals surface area (Å²) in [5.41, 5.74) is -0.505. The topological polar surface area (TPSA) is 70.1 Å². The molecule has 1 aromatic carbocycles. The number of rotatable bonds is 6. The first-order valence-electron chi connectivity index (χ1n) is 10.5. The lowest BCUT2D eigenvalue weighted by atomic mass is 9.86. The third kappa shape index (κ3) is 5.86. The summed E-state index contributed by atoms with van der Waals surface area (Å²) in [4.78, 5) is 23.1. The van der Waals surface area contributed by atoms with E-state index in [1.54, 1.807) is 6.20 Å². The Kier molecular flexibility index (Phi) is 7.20. The van der Waals surface area contributed by atoms with Crippen molar-refractivity contribution in [3.63, 3.8) is 0 Å². The maximum absolute atomic E-state index is 13.7. The number of hydrogen-bond donors (Lipinski definition) is 2. The van der Waals surface area contributed by atoms with Crippen LogP contribution in [0.2, 0.25) is 0 Å². The second-order valence-corrected chi connectivity index (χ2v) is 8.36. The number of carbonyl (C=O) groups excluding carboxylic acids is 1. The van der Waals surface area contributed by atoms with Crippen molar-refractivity contribution in [3.05, 3.63) is 46.9 Å². The van der Waals surface area contributed by atoms with E-state index in [4.69, 9.17) is 0 Å². The van der Waals surface area contributed by atoms with Gasteiger partial charge in [0.15, 0.2) is 0 Å². The van der Waals surface area contributed by atoms with Crippen LogP contribution in [0, 0.1) is 18.7 Å². The molecule has 2 aromatic rings. The molecule has 3 rings (SSSR count). The Morgan fingerprint density at radius 2 is 1.88 bits per heavy atom. The van der Waals surface area contributed by atoms with E-state index < -0.39 is 23.5 Å². The molecule has 10 heteroatoms. The lowest BCUT2D eigenvalue weighted by Crippen LogP contribution is -2.38. The van der Waals surface area contributed by atoms with Crippen LogP contribution in [-0.2, 0) is 6.18 Å². The molecule has 6 nitrogen and oxygen atoms in total. The number of anilines is 2. The maximum atomic E-state index is 13.7. The summed E-state index contributed by atoms with van der Waals surface area (Å²) in [7, 11) is 3.85. The van der Waals surface area contributed by atoms with Gasteiger partial charge in [-0.1, -0.05) is 0 Å². The Morgan fingerprint density at radius 1 is 1.19 bits per heavy atom. The SMILES string of the molecule is Cc1cnc(NC[C@H]2CC[C@@H](NC(=O)c3ccc(C(F)(F)F)c(F)c3)CC2)nc1N(C)C. The molecule has 1 aliphatic rings. The lowest BCUT2D eigenvalue weighted by Gasteiger charge is -2.29. The lowest BCUT2D eigenvalue weighted by molar-refractivity contribution is -0.140. The average molecular weight is 453 g/mol. The van der Waals surface area contributed by atoms with Crippen LogP contribution in [0.4, 0.5) is 29.3 Å². The Labute approximate surface area is 184 Å². The molecule has 0 saturated heterocycles. The van der Waals surface area contributed by atoms with Gasteiger partial charge in [-0.3, -0.25) is 4.79 Å². The van der Waals surface area contributed by atoms with Gasteiger partial charge < -0.3 is 15.5 Å². The van der Waals surface area contributed by atoms with Crippen molar-refractivity contribution in [2.75, 3.05) is 30.9 Å². The minimum absolute atomic E-state index is 0.0972. The van der Waals surface area contributed by atoms with Gasteiger partial charge in [-0.15, -0.1) is 0 Å². The number of aromatic nitrogens is 2. The Bertz CT molecular complexity index is 956. The van der Waals surface area contributed by atoms with E-state index in [0.29, 0.717) is 30.5 Å². The molecular formula is C22H27F4N5O. The monoisotopic (exact) mass is 453 g/mol. The zero-order chi connectivity index (χ0) is 23.5. The summed E-state index contributed by atoms with van der Waals surface area (Å²) in [5, 5.41) is 6.08. The van der Waals surface area contributed by atoms with Crippen molar-refractivity contribution in [1.82, 2.24) is 15.3 Å². The third-order valence-corrected chi connectivity index (χ3v) is 5.64. The quantitative estimate of drug-likeness (QED) is 0.634. The van der Waals surface area contributed by atoms with Crippen molar-refractivity contribution in [3.8, 4) is 0 Å². The van der Waals surface area contributed by atoms with Gasteiger partial charge in [0.25, 0.3) is 5.91 Å². The first kappa shape index (κ1) is 23.7. The van der Waals surface area contributed by atoms with Crippen molar-refractivity contribution in [1.29, 1.82) is 0 Å². The molecule has 0 atom stereocenters. The number of alkyl halides is 3. The van der Waals surface area contributed by atoms with Crippen LogP contribution in [0.25, 0.3) is 0 Å². The fourth-order valence-electron chi connectivity index (χ4n) is 3.87. The first-order valence-corrected chi connectivity index (χ1v) is 10.5. The predicted octanol–water partition coefficient (Wildman–Crippen LogP) is 4.41. The molecule has 2 N–H and O–H groups in total. The van der Waals surface area contributed by atoms with Crippen LogP contribution in [0.1, 0.15) is 47.2 Å². The van der Waals surface area contributed by atoms with Crippen LogP contribution in [-0.4, -0.2) is 42.6 Å². The van der Waals surface area contributed by atoms with Gasteiger partial charge in [-0.05, 0) is 56.7 Å².